The van der Waals surface area contributed by atoms with Crippen LogP contribution in [0, 0.1) is 18.8 Å². The van der Waals surface area contributed by atoms with Gasteiger partial charge in [0, 0.05) is 6.04 Å². The van der Waals surface area contributed by atoms with Gasteiger partial charge >= 0.3 is 0 Å². The van der Waals surface area contributed by atoms with Crippen LogP contribution in [0.2, 0.25) is 0 Å². The zero-order valence-electron chi connectivity index (χ0n) is 17.0. The maximum absolute atomic E-state index is 13.0. The van der Waals surface area contributed by atoms with E-state index in [1.54, 1.807) is 19.1 Å². The van der Waals surface area contributed by atoms with Crippen molar-refractivity contribution in [1.29, 1.82) is 0 Å². The molecule has 29 heavy (non-hydrogen) atoms. The van der Waals surface area contributed by atoms with Crippen LogP contribution in [0.4, 0.5) is 0 Å². The summed E-state index contributed by atoms with van der Waals surface area (Å²) in [7, 11) is -3.63. The molecule has 2 aliphatic carbocycles. The second-order valence-corrected chi connectivity index (χ2v) is 10.5. The Morgan fingerprint density at radius 2 is 1.52 bits per heavy atom. The molecule has 4 rings (SSSR count). The molecule has 1 aromatic carbocycles. The standard InChI is InChI=1S/C22H30N2O4S/c1-15-11-12-16(13-20(15)29(27,28)23-17-7-3-2-4-8-17)14-24-21(25)18-9-5-6-10-19(18)22(24)26/h11-13,17-19,23H,2-10,14H2,1H3/t18-,19-/m0/s1. The Kier molecular flexibility index (Phi) is 5.80. The van der Waals surface area contributed by atoms with Gasteiger partial charge in [0.05, 0.1) is 23.3 Å². The van der Waals surface area contributed by atoms with E-state index in [2.05, 4.69) is 4.72 Å². The maximum Gasteiger partial charge on any atom is 0.241 e. The Hall–Kier alpha value is -1.73. The summed E-state index contributed by atoms with van der Waals surface area (Å²) in [4.78, 5) is 27.1. The Bertz CT molecular complexity index is 881. The van der Waals surface area contributed by atoms with Crippen LogP contribution in [-0.2, 0) is 26.2 Å². The molecule has 0 aromatic heterocycles. The molecule has 0 radical (unpaired) electrons. The number of hydrogen-bond donors (Lipinski definition) is 1. The van der Waals surface area contributed by atoms with Crippen molar-refractivity contribution in [3.8, 4) is 0 Å². The normalized spacial score (nSPS) is 26.0. The van der Waals surface area contributed by atoms with Crippen LogP contribution in [0.5, 0.6) is 0 Å². The van der Waals surface area contributed by atoms with Crippen molar-refractivity contribution < 1.29 is 18.0 Å². The molecule has 7 heteroatoms. The van der Waals surface area contributed by atoms with Crippen molar-refractivity contribution >= 4 is 21.8 Å². The van der Waals surface area contributed by atoms with Crippen LogP contribution in [0.1, 0.15) is 68.9 Å². The van der Waals surface area contributed by atoms with Crippen molar-refractivity contribution in [2.24, 2.45) is 11.8 Å². The Balaban J connectivity index is 1.54. The molecule has 6 nitrogen and oxygen atoms in total. The minimum atomic E-state index is -3.63. The number of fused-ring (bicyclic) bond motifs is 1. The summed E-state index contributed by atoms with van der Waals surface area (Å²) in [6.07, 6.45) is 8.56. The third-order valence-corrected chi connectivity index (χ3v) is 8.40. The van der Waals surface area contributed by atoms with Crippen molar-refractivity contribution in [1.82, 2.24) is 9.62 Å². The van der Waals surface area contributed by atoms with Gasteiger partial charge in [-0.3, -0.25) is 14.5 Å². The molecule has 1 aromatic rings. The Morgan fingerprint density at radius 3 is 2.14 bits per heavy atom. The van der Waals surface area contributed by atoms with Gasteiger partial charge in [0.1, 0.15) is 0 Å². The van der Waals surface area contributed by atoms with Crippen LogP contribution in [0.25, 0.3) is 0 Å². The minimum Gasteiger partial charge on any atom is -0.278 e. The van der Waals surface area contributed by atoms with Gasteiger partial charge in [0.2, 0.25) is 21.8 Å². The highest BCUT2D eigenvalue weighted by Crippen LogP contribution is 2.38. The minimum absolute atomic E-state index is 0.0123. The van der Waals surface area contributed by atoms with Gasteiger partial charge in [-0.05, 0) is 49.8 Å². The van der Waals surface area contributed by atoms with Crippen molar-refractivity contribution in [3.05, 3.63) is 29.3 Å². The third kappa shape index (κ3) is 4.12. The fourth-order valence-electron chi connectivity index (χ4n) is 5.11. The SMILES string of the molecule is Cc1ccc(CN2C(=O)[C@H]3CCCC[C@@H]3C2=O)cc1S(=O)(=O)NC1CCCCC1. The van der Waals surface area contributed by atoms with E-state index in [4.69, 9.17) is 0 Å². The van der Waals surface area contributed by atoms with Gasteiger partial charge in [-0.15, -0.1) is 0 Å². The molecule has 3 fully saturated rings. The summed E-state index contributed by atoms with van der Waals surface area (Å²) in [5, 5.41) is 0. The number of likely N-dealkylation sites (tertiary alicyclic amines) is 1. The summed E-state index contributed by atoms with van der Waals surface area (Å²) in [6.45, 7) is 1.93. The largest absolute Gasteiger partial charge is 0.278 e. The smallest absolute Gasteiger partial charge is 0.241 e. The van der Waals surface area contributed by atoms with Gasteiger partial charge in [-0.2, -0.15) is 0 Å². The number of amides is 2. The molecule has 1 heterocycles. The first-order valence-corrected chi connectivity index (χ1v) is 12.3. The van der Waals surface area contributed by atoms with Crippen LogP contribution in [0.3, 0.4) is 0 Å². The van der Waals surface area contributed by atoms with Gasteiger partial charge in [-0.25, -0.2) is 13.1 Å². The summed E-state index contributed by atoms with van der Waals surface area (Å²) in [6, 6.07) is 5.20. The molecule has 1 saturated heterocycles. The second kappa shape index (κ2) is 8.19. The number of aryl methyl sites for hydroxylation is 1. The van der Waals surface area contributed by atoms with E-state index in [0.717, 1.165) is 57.8 Å². The lowest BCUT2D eigenvalue weighted by atomic mass is 9.81. The molecule has 3 aliphatic rings. The first-order valence-electron chi connectivity index (χ1n) is 10.8. The topological polar surface area (TPSA) is 83.6 Å². The zero-order valence-corrected chi connectivity index (χ0v) is 17.8. The van der Waals surface area contributed by atoms with Crippen molar-refractivity contribution in [2.45, 2.75) is 82.2 Å². The molecule has 0 spiro atoms. The van der Waals surface area contributed by atoms with E-state index in [9.17, 15) is 18.0 Å². The summed E-state index contributed by atoms with van der Waals surface area (Å²) < 4.78 is 28.8. The van der Waals surface area contributed by atoms with E-state index in [-0.39, 0.29) is 41.1 Å². The first kappa shape index (κ1) is 20.5. The van der Waals surface area contributed by atoms with E-state index < -0.39 is 10.0 Å². The first-order chi connectivity index (χ1) is 13.9. The summed E-state index contributed by atoms with van der Waals surface area (Å²) in [5.74, 6) is -0.550. The molecule has 1 N–H and O–H groups in total. The monoisotopic (exact) mass is 418 g/mol. The third-order valence-electron chi connectivity index (χ3n) is 6.74. The molecule has 0 bridgehead atoms. The van der Waals surface area contributed by atoms with Gasteiger partial charge in [0.15, 0.2) is 0 Å². The molecule has 2 amide bonds. The van der Waals surface area contributed by atoms with Gasteiger partial charge in [0.25, 0.3) is 0 Å². The zero-order chi connectivity index (χ0) is 20.6. The highest BCUT2D eigenvalue weighted by molar-refractivity contribution is 7.89. The number of carbonyl (C=O) groups excluding carboxylic acids is 2. The van der Waals surface area contributed by atoms with Crippen LogP contribution in [-0.4, -0.2) is 31.2 Å². The fourth-order valence-corrected chi connectivity index (χ4v) is 6.71. The molecule has 158 valence electrons. The maximum atomic E-state index is 13.0. The second-order valence-electron chi connectivity index (χ2n) is 8.82. The van der Waals surface area contributed by atoms with Crippen molar-refractivity contribution in [2.75, 3.05) is 0 Å². The number of hydrogen-bond acceptors (Lipinski definition) is 4. The number of nitrogens with one attached hydrogen (secondary N) is 1. The quantitative estimate of drug-likeness (QED) is 0.744. The van der Waals surface area contributed by atoms with Crippen molar-refractivity contribution in [3.63, 3.8) is 0 Å². The van der Waals surface area contributed by atoms with E-state index in [0.29, 0.717) is 11.1 Å². The number of carbonyl (C=O) groups is 2. The number of nitrogens with zero attached hydrogens (tertiary/aromatic N) is 1. The Labute approximate surface area is 173 Å². The van der Waals surface area contributed by atoms with E-state index in [1.807, 2.05) is 6.07 Å². The highest BCUT2D eigenvalue weighted by Gasteiger charge is 2.47. The molecule has 0 unspecified atom stereocenters. The fraction of sp³-hybridized carbons (Fsp3) is 0.636. The molecule has 2 atom stereocenters. The van der Waals surface area contributed by atoms with Crippen LogP contribution < -0.4 is 4.72 Å². The van der Waals surface area contributed by atoms with Gasteiger partial charge in [-0.1, -0.05) is 44.2 Å². The van der Waals surface area contributed by atoms with E-state index >= 15 is 0 Å². The Morgan fingerprint density at radius 1 is 0.931 bits per heavy atom. The average molecular weight is 419 g/mol. The van der Waals surface area contributed by atoms with E-state index in [1.165, 1.54) is 4.90 Å². The predicted octanol–water partition coefficient (Wildman–Crippen LogP) is 3.28. The average Bonchev–Trinajstić information content (AvgIpc) is 2.95. The predicted molar refractivity (Wildman–Crippen MR) is 109 cm³/mol. The number of imide groups is 1. The lowest BCUT2D eigenvalue weighted by molar-refractivity contribution is -0.140. The lowest BCUT2D eigenvalue weighted by Crippen LogP contribution is -2.36. The lowest BCUT2D eigenvalue weighted by Gasteiger charge is -2.23. The molecule has 1 aliphatic heterocycles. The molecule has 2 saturated carbocycles. The van der Waals surface area contributed by atoms with Gasteiger partial charge < -0.3 is 0 Å². The van der Waals surface area contributed by atoms with Crippen LogP contribution in [0.15, 0.2) is 23.1 Å². The number of sulfonamides is 1. The molecular weight excluding hydrogens is 388 g/mol. The molecular formula is C22H30N2O4S. The summed E-state index contributed by atoms with van der Waals surface area (Å²) >= 11 is 0. The number of benzene rings is 1. The van der Waals surface area contributed by atoms with Crippen LogP contribution >= 0.6 is 0 Å². The summed E-state index contributed by atoms with van der Waals surface area (Å²) in [5.41, 5.74) is 1.35. The highest BCUT2D eigenvalue weighted by atomic mass is 32.2. The number of rotatable bonds is 5.